The van der Waals surface area contributed by atoms with Gasteiger partial charge in [-0.25, -0.2) is 8.42 Å². The zero-order valence-electron chi connectivity index (χ0n) is 17.5. The molecule has 1 fully saturated rings. The predicted octanol–water partition coefficient (Wildman–Crippen LogP) is 2.50. The van der Waals surface area contributed by atoms with Crippen LogP contribution in [-0.2, 0) is 21.4 Å². The monoisotopic (exact) mass is 459 g/mol. The molecule has 1 aromatic heterocycles. The van der Waals surface area contributed by atoms with Gasteiger partial charge in [0.15, 0.2) is 0 Å². The minimum absolute atomic E-state index is 0.0129. The van der Waals surface area contributed by atoms with Crippen molar-refractivity contribution in [2.75, 3.05) is 24.5 Å². The van der Waals surface area contributed by atoms with E-state index < -0.39 is 10.0 Å². The first kappa shape index (κ1) is 20.8. The highest BCUT2D eigenvalue weighted by Crippen LogP contribution is 2.41. The highest BCUT2D eigenvalue weighted by Gasteiger charge is 2.40. The van der Waals surface area contributed by atoms with Crippen LogP contribution in [0.15, 0.2) is 51.0 Å². The van der Waals surface area contributed by atoms with E-state index in [0.29, 0.717) is 31.9 Å². The lowest BCUT2D eigenvalue weighted by Gasteiger charge is -2.42. The average Bonchev–Trinajstić information content (AvgIpc) is 2.73. The number of pyridine rings is 1. The fourth-order valence-electron chi connectivity index (χ4n) is 5.07. The Balaban J connectivity index is 1.49. The van der Waals surface area contributed by atoms with Gasteiger partial charge in [0.25, 0.3) is 5.56 Å². The van der Waals surface area contributed by atoms with Crippen LogP contribution >= 0.6 is 11.8 Å². The number of thioether (sulfide) groups is 1. The van der Waals surface area contributed by atoms with Gasteiger partial charge in [-0.15, -0.1) is 11.8 Å². The summed E-state index contributed by atoms with van der Waals surface area (Å²) in [5.41, 5.74) is 1.57. The summed E-state index contributed by atoms with van der Waals surface area (Å²) in [6, 6.07) is 10.4. The fourth-order valence-corrected chi connectivity index (χ4v) is 7.75. The number of piperidine rings is 1. The van der Waals surface area contributed by atoms with Crippen molar-refractivity contribution in [3.8, 4) is 0 Å². The fraction of sp³-hybridized carbons (Fsp3) is 0.455. The lowest BCUT2D eigenvalue weighted by Crippen LogP contribution is -2.49. The zero-order valence-corrected chi connectivity index (χ0v) is 19.2. The smallest absolute Gasteiger partial charge is 0.250 e. The first-order chi connectivity index (χ1) is 14.7. The van der Waals surface area contributed by atoms with E-state index in [1.807, 2.05) is 12.1 Å². The molecule has 9 heteroatoms. The molecule has 5 rings (SSSR count). The van der Waals surface area contributed by atoms with E-state index in [-0.39, 0.29) is 33.4 Å². The van der Waals surface area contributed by atoms with Crippen LogP contribution in [0.3, 0.4) is 0 Å². The number of fused-ring (bicyclic) bond motifs is 5. The van der Waals surface area contributed by atoms with Crippen molar-refractivity contribution in [3.05, 3.63) is 52.4 Å². The molecule has 7 nitrogen and oxygen atoms in total. The van der Waals surface area contributed by atoms with Gasteiger partial charge in [0.05, 0.1) is 10.6 Å². The SMILES string of the molecule is CC(=O)N1CC(C)Sc2ccc(S(=O)(=O)N3CC4CC(C3)c3cccc(=O)n3C4)cc21. The second-order valence-electron chi connectivity index (χ2n) is 8.71. The molecular formula is C22H25N3O4S2. The zero-order chi connectivity index (χ0) is 21.9. The Morgan fingerprint density at radius 1 is 1.10 bits per heavy atom. The van der Waals surface area contributed by atoms with Gasteiger partial charge in [-0.3, -0.25) is 9.59 Å². The number of amides is 1. The number of benzene rings is 1. The summed E-state index contributed by atoms with van der Waals surface area (Å²) in [6.07, 6.45) is 0.895. The van der Waals surface area contributed by atoms with Gasteiger partial charge in [0.1, 0.15) is 0 Å². The van der Waals surface area contributed by atoms with E-state index in [1.165, 1.54) is 6.92 Å². The van der Waals surface area contributed by atoms with Crippen LogP contribution in [0.1, 0.15) is 31.9 Å². The van der Waals surface area contributed by atoms with Gasteiger partial charge in [-0.2, -0.15) is 4.31 Å². The van der Waals surface area contributed by atoms with Crippen molar-refractivity contribution in [3.63, 3.8) is 0 Å². The summed E-state index contributed by atoms with van der Waals surface area (Å²) in [5.74, 6) is 0.0419. The minimum atomic E-state index is -3.71. The third kappa shape index (κ3) is 3.52. The summed E-state index contributed by atoms with van der Waals surface area (Å²) >= 11 is 1.66. The molecule has 0 N–H and O–H groups in total. The Hall–Kier alpha value is -2.10. The third-order valence-electron chi connectivity index (χ3n) is 6.45. The van der Waals surface area contributed by atoms with Crippen LogP contribution in [0, 0.1) is 5.92 Å². The number of aromatic nitrogens is 1. The Morgan fingerprint density at radius 3 is 2.68 bits per heavy atom. The largest absolute Gasteiger partial charge is 0.312 e. The molecule has 1 amide bonds. The number of nitrogens with zero attached hydrogens (tertiary/aromatic N) is 3. The normalized spacial score (nSPS) is 25.6. The molecule has 1 aromatic carbocycles. The van der Waals surface area contributed by atoms with Gasteiger partial charge >= 0.3 is 0 Å². The van der Waals surface area contributed by atoms with Crippen molar-refractivity contribution in [2.45, 2.75) is 47.8 Å². The third-order valence-corrected chi connectivity index (χ3v) is 9.43. The molecule has 164 valence electrons. The van der Waals surface area contributed by atoms with Crippen LogP contribution in [0.5, 0.6) is 0 Å². The quantitative estimate of drug-likeness (QED) is 0.690. The van der Waals surface area contributed by atoms with Crippen LogP contribution in [0.2, 0.25) is 0 Å². The predicted molar refractivity (Wildman–Crippen MR) is 120 cm³/mol. The van der Waals surface area contributed by atoms with E-state index in [9.17, 15) is 18.0 Å². The number of hydrogen-bond acceptors (Lipinski definition) is 5. The van der Waals surface area contributed by atoms with Crippen molar-refractivity contribution in [2.24, 2.45) is 5.92 Å². The molecule has 31 heavy (non-hydrogen) atoms. The highest BCUT2D eigenvalue weighted by molar-refractivity contribution is 8.00. The van der Waals surface area contributed by atoms with Crippen molar-refractivity contribution < 1.29 is 13.2 Å². The molecule has 3 unspecified atom stereocenters. The first-order valence-corrected chi connectivity index (χ1v) is 12.8. The lowest BCUT2D eigenvalue weighted by atomic mass is 9.84. The van der Waals surface area contributed by atoms with Crippen LogP contribution in [0.25, 0.3) is 0 Å². The van der Waals surface area contributed by atoms with E-state index in [4.69, 9.17) is 0 Å². The molecule has 2 bridgehead atoms. The molecule has 4 heterocycles. The van der Waals surface area contributed by atoms with Crippen LogP contribution in [-0.4, -0.2) is 48.1 Å². The molecule has 0 aliphatic carbocycles. The number of hydrogen-bond donors (Lipinski definition) is 0. The van der Waals surface area contributed by atoms with Crippen molar-refractivity contribution in [1.82, 2.24) is 8.87 Å². The summed E-state index contributed by atoms with van der Waals surface area (Å²) in [4.78, 5) is 27.2. The number of rotatable bonds is 2. The molecule has 1 saturated heterocycles. The maximum absolute atomic E-state index is 13.6. The Labute approximate surface area is 186 Å². The standard InChI is InChI=1S/C22H25N3O4S2/c1-14-10-24(15(2)26)20-9-18(6-7-21(20)30-14)31(28,29)23-11-16-8-17(13-23)19-4-3-5-22(27)25(19)12-16/h3-7,9,14,16-17H,8,10-13H2,1-2H3. The molecule has 3 aliphatic rings. The number of carbonyl (C=O) groups is 1. The second kappa shape index (κ2) is 7.50. The summed E-state index contributed by atoms with van der Waals surface area (Å²) in [6.45, 7) is 5.45. The summed E-state index contributed by atoms with van der Waals surface area (Å²) in [5, 5.41) is 0.254. The van der Waals surface area contributed by atoms with E-state index in [0.717, 1.165) is 17.0 Å². The molecular weight excluding hydrogens is 434 g/mol. The number of anilines is 1. The lowest BCUT2D eigenvalue weighted by molar-refractivity contribution is -0.116. The van der Waals surface area contributed by atoms with Crippen molar-refractivity contribution in [1.29, 1.82) is 0 Å². The molecule has 3 aliphatic heterocycles. The molecule has 0 saturated carbocycles. The second-order valence-corrected chi connectivity index (χ2v) is 12.1. The van der Waals surface area contributed by atoms with Gasteiger partial charge in [0, 0.05) is 60.9 Å². The topological polar surface area (TPSA) is 79.7 Å². The average molecular weight is 460 g/mol. The molecule has 3 atom stereocenters. The van der Waals surface area contributed by atoms with Gasteiger partial charge in [0.2, 0.25) is 15.9 Å². The van der Waals surface area contributed by atoms with Gasteiger partial charge in [-0.05, 0) is 36.6 Å². The maximum atomic E-state index is 13.6. The van der Waals surface area contributed by atoms with Gasteiger partial charge in [-0.1, -0.05) is 13.0 Å². The van der Waals surface area contributed by atoms with Crippen LogP contribution in [0.4, 0.5) is 5.69 Å². The highest BCUT2D eigenvalue weighted by atomic mass is 32.2. The van der Waals surface area contributed by atoms with Crippen molar-refractivity contribution >= 4 is 33.4 Å². The Kier molecular flexibility index (Phi) is 5.02. The molecule has 0 spiro atoms. The van der Waals surface area contributed by atoms with Crippen LogP contribution < -0.4 is 10.5 Å². The Morgan fingerprint density at radius 2 is 1.90 bits per heavy atom. The Bertz CT molecular complexity index is 1220. The first-order valence-electron chi connectivity index (χ1n) is 10.5. The maximum Gasteiger partial charge on any atom is 0.250 e. The van der Waals surface area contributed by atoms with E-state index in [1.54, 1.807) is 49.8 Å². The molecule has 0 radical (unpaired) electrons. The van der Waals surface area contributed by atoms with E-state index in [2.05, 4.69) is 6.92 Å². The number of sulfonamides is 1. The summed E-state index contributed by atoms with van der Waals surface area (Å²) < 4.78 is 30.5. The summed E-state index contributed by atoms with van der Waals surface area (Å²) in [7, 11) is -3.71. The van der Waals surface area contributed by atoms with Gasteiger partial charge < -0.3 is 9.47 Å². The minimum Gasteiger partial charge on any atom is -0.312 e. The van der Waals surface area contributed by atoms with E-state index >= 15 is 0 Å². The molecule has 2 aromatic rings. The number of carbonyl (C=O) groups excluding carboxylic acids is 1.